The van der Waals surface area contributed by atoms with Crippen molar-refractivity contribution in [2.24, 2.45) is 0 Å². The summed E-state index contributed by atoms with van der Waals surface area (Å²) in [6, 6.07) is 0. The maximum Gasteiger partial charge on any atom is 1.00 e. The quantitative estimate of drug-likeness (QED) is 0.142. The maximum absolute atomic E-state index is 10.7. The molecule has 0 spiro atoms. The maximum atomic E-state index is 10.7. The van der Waals surface area contributed by atoms with Gasteiger partial charge in [-0.2, -0.15) is 0 Å². The molecule has 0 aromatic carbocycles. The fourth-order valence-corrected chi connectivity index (χ4v) is 3.20. The number of hydrogen-bond acceptors (Lipinski definition) is 14. The van der Waals surface area contributed by atoms with Crippen LogP contribution in [0.3, 0.4) is 0 Å². The number of aliphatic hydroxyl groups excluding tert-OH is 7. The molecule has 2 aliphatic heterocycles. The van der Waals surface area contributed by atoms with Crippen molar-refractivity contribution in [1.29, 1.82) is 0 Å². The van der Waals surface area contributed by atoms with Gasteiger partial charge >= 0.3 is 59.1 Å². The second kappa shape index (κ2) is 12.8. The van der Waals surface area contributed by atoms with Gasteiger partial charge in [-0.25, -0.2) is 0 Å². The van der Waals surface area contributed by atoms with Gasteiger partial charge in [0, 0.05) is 0 Å². The summed E-state index contributed by atoms with van der Waals surface area (Å²) in [6.07, 6.45) is -17.7. The minimum Gasteiger partial charge on any atom is -0.790 e. The molecule has 17 heteroatoms. The summed E-state index contributed by atoms with van der Waals surface area (Å²) in [7, 11) is -5.60. The van der Waals surface area contributed by atoms with Crippen LogP contribution >= 0.6 is 7.82 Å². The largest absolute Gasteiger partial charge is 1.00 e. The number of aliphatic hydroxyl groups is 7. The van der Waals surface area contributed by atoms with Crippen molar-refractivity contribution < 1.29 is 128 Å². The van der Waals surface area contributed by atoms with Gasteiger partial charge < -0.3 is 68.8 Å². The molecule has 29 heavy (non-hydrogen) atoms. The standard InChI is InChI=1S/C12H23O14P.2Na/c13-1-3-5(15)6(16)8(18)11(23-3)25-10-4(2-14)24-12(9(19)7(10)17)26-27(20,21)22;;/h3-19H,1-2H2,(H2,20,21,22);;/q;2*+1/p-2/t3-,4-,5-,6+,7-,8-,9-,10-,11-,12+;;/m1../s1. The van der Waals surface area contributed by atoms with E-state index in [1.807, 2.05) is 0 Å². The molecule has 2 rings (SSSR count). The molecule has 0 unspecified atom stereocenters. The van der Waals surface area contributed by atoms with Gasteiger partial charge in [0.2, 0.25) is 0 Å². The first kappa shape index (κ1) is 30.7. The molecule has 160 valence electrons. The van der Waals surface area contributed by atoms with Crippen LogP contribution in [0, 0.1) is 0 Å². The minimum absolute atomic E-state index is 0. The molecule has 0 aliphatic carbocycles. The molecule has 10 atom stereocenters. The Balaban J connectivity index is 0.00000392. The molecule has 0 radical (unpaired) electrons. The van der Waals surface area contributed by atoms with E-state index in [2.05, 4.69) is 4.52 Å². The third-order valence-corrected chi connectivity index (χ3v) is 4.66. The van der Waals surface area contributed by atoms with E-state index < -0.39 is 82.4 Å². The van der Waals surface area contributed by atoms with E-state index in [4.69, 9.17) is 19.3 Å². The topological polar surface area (TPSA) is 242 Å². The first-order chi connectivity index (χ1) is 12.5. The Morgan fingerprint density at radius 2 is 1.24 bits per heavy atom. The second-order valence-electron chi connectivity index (χ2n) is 6.06. The summed E-state index contributed by atoms with van der Waals surface area (Å²) in [5.74, 6) is 0. The first-order valence-corrected chi connectivity index (χ1v) is 9.25. The van der Waals surface area contributed by atoms with Gasteiger partial charge in [0.05, 0.1) is 21.0 Å². The number of hydrogen-bond donors (Lipinski definition) is 7. The van der Waals surface area contributed by atoms with Crippen molar-refractivity contribution >= 4 is 7.82 Å². The molecule has 0 saturated carbocycles. The second-order valence-corrected chi connectivity index (χ2v) is 7.16. The van der Waals surface area contributed by atoms with E-state index in [1.165, 1.54) is 0 Å². The fraction of sp³-hybridized carbons (Fsp3) is 1.00. The molecule has 0 aromatic heterocycles. The summed E-state index contributed by atoms with van der Waals surface area (Å²) in [6.45, 7) is -1.65. The van der Waals surface area contributed by atoms with Crippen LogP contribution in [0.5, 0.6) is 0 Å². The Bertz CT molecular complexity index is 535. The molecule has 0 amide bonds. The van der Waals surface area contributed by atoms with Crippen molar-refractivity contribution in [2.75, 3.05) is 13.2 Å². The molecule has 0 bridgehead atoms. The van der Waals surface area contributed by atoms with E-state index in [1.54, 1.807) is 0 Å². The zero-order valence-corrected chi connectivity index (χ0v) is 20.5. The van der Waals surface area contributed by atoms with Gasteiger partial charge in [-0.3, -0.25) is 0 Å². The van der Waals surface area contributed by atoms with Crippen LogP contribution in [0.4, 0.5) is 0 Å². The van der Waals surface area contributed by atoms with Crippen LogP contribution in [0.25, 0.3) is 0 Å². The summed E-state index contributed by atoms with van der Waals surface area (Å²) in [5, 5.41) is 67.9. The third-order valence-electron chi connectivity index (χ3n) is 4.19. The minimum atomic E-state index is -5.60. The van der Waals surface area contributed by atoms with Crippen molar-refractivity contribution in [3.05, 3.63) is 0 Å². The Morgan fingerprint density at radius 3 is 1.72 bits per heavy atom. The zero-order valence-electron chi connectivity index (χ0n) is 15.6. The Morgan fingerprint density at radius 1 is 0.759 bits per heavy atom. The number of ether oxygens (including phenoxy) is 3. The number of phosphoric ester groups is 1. The zero-order chi connectivity index (χ0) is 20.5. The van der Waals surface area contributed by atoms with Gasteiger partial charge in [-0.15, -0.1) is 0 Å². The average molecular weight is 466 g/mol. The molecule has 2 fully saturated rings. The molecule has 2 saturated heterocycles. The Hall–Kier alpha value is 1.71. The van der Waals surface area contributed by atoms with Crippen LogP contribution in [0.15, 0.2) is 0 Å². The van der Waals surface area contributed by atoms with Crippen molar-refractivity contribution in [1.82, 2.24) is 0 Å². The number of rotatable bonds is 6. The van der Waals surface area contributed by atoms with E-state index in [-0.39, 0.29) is 59.1 Å². The summed E-state index contributed by atoms with van der Waals surface area (Å²) >= 11 is 0. The first-order valence-electron chi connectivity index (χ1n) is 7.79. The summed E-state index contributed by atoms with van der Waals surface area (Å²) < 4.78 is 29.9. The molecule has 0 aromatic rings. The van der Waals surface area contributed by atoms with Gasteiger partial charge in [0.15, 0.2) is 12.6 Å². The molecule has 14 nitrogen and oxygen atoms in total. The van der Waals surface area contributed by atoms with Crippen LogP contribution in [-0.2, 0) is 23.3 Å². The smallest absolute Gasteiger partial charge is 0.790 e. The van der Waals surface area contributed by atoms with Crippen LogP contribution in [-0.4, -0.2) is 110 Å². The fourth-order valence-electron chi connectivity index (χ4n) is 2.77. The monoisotopic (exact) mass is 466 g/mol. The average Bonchev–Trinajstić information content (AvgIpc) is 2.60. The van der Waals surface area contributed by atoms with Crippen LogP contribution < -0.4 is 68.9 Å². The summed E-state index contributed by atoms with van der Waals surface area (Å²) in [4.78, 5) is 21.4. The van der Waals surface area contributed by atoms with Gasteiger partial charge in [0.25, 0.3) is 0 Å². The molecule has 7 N–H and O–H groups in total. The van der Waals surface area contributed by atoms with Crippen LogP contribution in [0.2, 0.25) is 0 Å². The van der Waals surface area contributed by atoms with E-state index in [0.29, 0.717) is 0 Å². The van der Waals surface area contributed by atoms with Crippen LogP contribution in [0.1, 0.15) is 0 Å². The molecular weight excluding hydrogens is 445 g/mol. The normalized spacial score (nSPS) is 43.2. The van der Waals surface area contributed by atoms with Crippen molar-refractivity contribution in [2.45, 2.75) is 61.4 Å². The molecular formula is C12H21Na2O14P. The Labute approximate surface area is 209 Å². The summed E-state index contributed by atoms with van der Waals surface area (Å²) in [5.41, 5.74) is 0. The Kier molecular flexibility index (Phi) is 13.6. The SMILES string of the molecule is O=P([O-])([O-])O[C@@H]1O[C@H](CO)[C@@H](O[C@H]2O[C@H](CO)[C@@H](O)[C@H](O)[C@H]2O)[C@H](O)[C@H]1O.[Na+].[Na+]. The predicted octanol–water partition coefficient (Wildman–Crippen LogP) is -12.5. The molecule has 2 heterocycles. The van der Waals surface area contributed by atoms with Gasteiger partial charge in [-0.1, -0.05) is 0 Å². The van der Waals surface area contributed by atoms with E-state index >= 15 is 0 Å². The van der Waals surface area contributed by atoms with Crippen molar-refractivity contribution in [3.63, 3.8) is 0 Å². The van der Waals surface area contributed by atoms with Crippen molar-refractivity contribution in [3.8, 4) is 0 Å². The van der Waals surface area contributed by atoms with Gasteiger partial charge in [-0.05, 0) is 0 Å². The van der Waals surface area contributed by atoms with E-state index in [9.17, 15) is 45.0 Å². The predicted molar refractivity (Wildman–Crippen MR) is 75.1 cm³/mol. The molecule has 2 aliphatic rings. The van der Waals surface area contributed by atoms with Gasteiger partial charge in [0.1, 0.15) is 48.8 Å². The van der Waals surface area contributed by atoms with E-state index in [0.717, 1.165) is 0 Å². The third kappa shape index (κ3) is 7.62. The number of phosphoric acid groups is 1.